The molecule has 1 aliphatic rings. The highest BCUT2D eigenvalue weighted by Gasteiger charge is 2.27. The van der Waals surface area contributed by atoms with E-state index in [0.717, 1.165) is 5.56 Å². The van der Waals surface area contributed by atoms with Gasteiger partial charge in [0, 0.05) is 19.6 Å². The minimum atomic E-state index is -0.920. The van der Waals surface area contributed by atoms with Crippen LogP contribution in [0.3, 0.4) is 0 Å². The van der Waals surface area contributed by atoms with Crippen LogP contribution in [0.5, 0.6) is 0 Å². The Bertz CT molecular complexity index is 450. The summed E-state index contributed by atoms with van der Waals surface area (Å²) in [5.74, 6) is 0. The highest BCUT2D eigenvalue weighted by Crippen LogP contribution is 2.13. The van der Waals surface area contributed by atoms with E-state index in [1.807, 2.05) is 30.3 Å². The molecule has 1 N–H and O–H groups in total. The average Bonchev–Trinajstić information content (AvgIpc) is 2.46. The van der Waals surface area contributed by atoms with Gasteiger partial charge in [-0.05, 0) is 19.4 Å². The van der Waals surface area contributed by atoms with Crippen molar-refractivity contribution >= 4 is 6.03 Å². The number of urea groups is 1. The van der Waals surface area contributed by atoms with Gasteiger partial charge in [-0.1, -0.05) is 30.3 Å². The van der Waals surface area contributed by atoms with Crippen molar-refractivity contribution in [1.29, 1.82) is 0 Å². The predicted molar refractivity (Wildman–Crippen MR) is 80.9 cm³/mol. The molecule has 1 aromatic carbocycles. The van der Waals surface area contributed by atoms with Crippen molar-refractivity contribution in [3.05, 3.63) is 35.9 Å². The summed E-state index contributed by atoms with van der Waals surface area (Å²) in [6.07, 6.45) is 0. The smallest absolute Gasteiger partial charge is 0.320 e. The number of amides is 2. The quantitative estimate of drug-likeness (QED) is 0.919. The van der Waals surface area contributed by atoms with Crippen LogP contribution in [0, 0.1) is 0 Å². The van der Waals surface area contributed by atoms with E-state index in [9.17, 15) is 9.90 Å². The summed E-state index contributed by atoms with van der Waals surface area (Å²) in [6.45, 7) is 6.61. The molecular weight excluding hydrogens is 268 g/mol. The highest BCUT2D eigenvalue weighted by atomic mass is 16.5. The van der Waals surface area contributed by atoms with Gasteiger partial charge in [-0.25, -0.2) is 4.79 Å². The lowest BCUT2D eigenvalue weighted by Gasteiger charge is -2.35. The van der Waals surface area contributed by atoms with Gasteiger partial charge in [0.2, 0.25) is 0 Å². The first-order chi connectivity index (χ1) is 9.96. The van der Waals surface area contributed by atoms with Gasteiger partial charge in [-0.15, -0.1) is 0 Å². The molecule has 0 atom stereocenters. The van der Waals surface area contributed by atoms with Crippen LogP contribution in [0.2, 0.25) is 0 Å². The molecule has 0 bridgehead atoms. The Labute approximate surface area is 126 Å². The molecule has 5 heteroatoms. The van der Waals surface area contributed by atoms with Crippen LogP contribution in [0.15, 0.2) is 30.3 Å². The molecule has 2 amide bonds. The van der Waals surface area contributed by atoms with Gasteiger partial charge < -0.3 is 19.6 Å². The minimum absolute atomic E-state index is 0.0377. The first-order valence-electron chi connectivity index (χ1n) is 7.33. The summed E-state index contributed by atoms with van der Waals surface area (Å²) in [5, 5.41) is 10.1. The van der Waals surface area contributed by atoms with Crippen molar-refractivity contribution in [3.63, 3.8) is 0 Å². The number of hydrogen-bond acceptors (Lipinski definition) is 3. The number of benzene rings is 1. The molecule has 1 aliphatic heterocycles. The molecule has 1 heterocycles. The summed E-state index contributed by atoms with van der Waals surface area (Å²) in [6, 6.07) is 9.80. The maximum Gasteiger partial charge on any atom is 0.320 e. The predicted octanol–water partition coefficient (Wildman–Crippen LogP) is 1.71. The van der Waals surface area contributed by atoms with E-state index in [2.05, 4.69) is 0 Å². The normalized spacial score (nSPS) is 15.9. The molecule has 5 nitrogen and oxygen atoms in total. The molecule has 0 radical (unpaired) electrons. The molecule has 0 saturated carbocycles. The molecule has 0 spiro atoms. The van der Waals surface area contributed by atoms with Crippen LogP contribution in [0.25, 0.3) is 0 Å². The van der Waals surface area contributed by atoms with Gasteiger partial charge in [0.05, 0.1) is 25.4 Å². The number of morpholine rings is 1. The van der Waals surface area contributed by atoms with Gasteiger partial charge in [0.15, 0.2) is 0 Å². The number of rotatable bonds is 4. The Morgan fingerprint density at radius 2 is 1.90 bits per heavy atom. The van der Waals surface area contributed by atoms with Crippen LogP contribution in [-0.4, -0.2) is 59.4 Å². The first kappa shape index (κ1) is 15.8. The van der Waals surface area contributed by atoms with Gasteiger partial charge in [0.1, 0.15) is 0 Å². The fraction of sp³-hybridized carbons (Fsp3) is 0.562. The second kappa shape index (κ2) is 6.91. The SMILES string of the molecule is CC(C)(O)CN(Cc1ccccc1)C(=O)N1CCOCC1. The van der Waals surface area contributed by atoms with Crippen LogP contribution in [0.1, 0.15) is 19.4 Å². The van der Waals surface area contributed by atoms with Gasteiger partial charge in [-0.3, -0.25) is 0 Å². The Morgan fingerprint density at radius 1 is 1.29 bits per heavy atom. The summed E-state index contributed by atoms with van der Waals surface area (Å²) in [5.41, 5.74) is 0.139. The molecule has 116 valence electrons. The zero-order valence-corrected chi connectivity index (χ0v) is 12.8. The van der Waals surface area contributed by atoms with Crippen molar-refractivity contribution < 1.29 is 14.6 Å². The zero-order chi connectivity index (χ0) is 15.3. The van der Waals surface area contributed by atoms with Crippen molar-refractivity contribution in [3.8, 4) is 0 Å². The maximum absolute atomic E-state index is 12.7. The van der Waals surface area contributed by atoms with Crippen molar-refractivity contribution in [2.45, 2.75) is 26.0 Å². The van der Waals surface area contributed by atoms with E-state index in [4.69, 9.17) is 4.74 Å². The van der Waals surface area contributed by atoms with E-state index < -0.39 is 5.60 Å². The Morgan fingerprint density at radius 3 is 2.48 bits per heavy atom. The maximum atomic E-state index is 12.7. The third-order valence-electron chi connectivity index (χ3n) is 3.35. The molecule has 0 aliphatic carbocycles. The van der Waals surface area contributed by atoms with E-state index in [0.29, 0.717) is 39.4 Å². The molecule has 1 fully saturated rings. The van der Waals surface area contributed by atoms with Gasteiger partial charge in [-0.2, -0.15) is 0 Å². The molecule has 2 rings (SSSR count). The van der Waals surface area contributed by atoms with Gasteiger partial charge in [0.25, 0.3) is 0 Å². The number of ether oxygens (including phenoxy) is 1. The summed E-state index contributed by atoms with van der Waals surface area (Å²) in [7, 11) is 0. The van der Waals surface area contributed by atoms with E-state index >= 15 is 0 Å². The number of nitrogens with zero attached hydrogens (tertiary/aromatic N) is 2. The van der Waals surface area contributed by atoms with Crippen molar-refractivity contribution in [1.82, 2.24) is 9.80 Å². The second-order valence-electron chi connectivity index (χ2n) is 6.04. The molecule has 0 aromatic heterocycles. The lowest BCUT2D eigenvalue weighted by atomic mass is 10.1. The average molecular weight is 292 g/mol. The Balaban J connectivity index is 2.09. The highest BCUT2D eigenvalue weighted by molar-refractivity contribution is 5.74. The number of aliphatic hydroxyl groups is 1. The summed E-state index contributed by atoms with van der Waals surface area (Å²) >= 11 is 0. The first-order valence-corrected chi connectivity index (χ1v) is 7.33. The van der Waals surface area contributed by atoms with Crippen molar-refractivity contribution in [2.24, 2.45) is 0 Å². The van der Waals surface area contributed by atoms with Crippen molar-refractivity contribution in [2.75, 3.05) is 32.8 Å². The number of hydrogen-bond donors (Lipinski definition) is 1. The lowest BCUT2D eigenvalue weighted by Crippen LogP contribution is -2.51. The van der Waals surface area contributed by atoms with Crippen LogP contribution >= 0.6 is 0 Å². The summed E-state index contributed by atoms with van der Waals surface area (Å²) in [4.78, 5) is 16.2. The number of carbonyl (C=O) groups excluding carboxylic acids is 1. The standard InChI is InChI=1S/C16H24N2O3/c1-16(2,20)13-18(12-14-6-4-3-5-7-14)15(19)17-8-10-21-11-9-17/h3-7,20H,8-13H2,1-2H3. The molecular formula is C16H24N2O3. The monoisotopic (exact) mass is 292 g/mol. The zero-order valence-electron chi connectivity index (χ0n) is 12.8. The fourth-order valence-electron chi connectivity index (χ4n) is 2.42. The Hall–Kier alpha value is -1.59. The molecule has 0 unspecified atom stereocenters. The van der Waals surface area contributed by atoms with Crippen LogP contribution < -0.4 is 0 Å². The largest absolute Gasteiger partial charge is 0.389 e. The third-order valence-corrected chi connectivity index (χ3v) is 3.35. The molecule has 1 saturated heterocycles. The van der Waals surface area contributed by atoms with E-state index in [1.165, 1.54) is 0 Å². The molecule has 1 aromatic rings. The van der Waals surface area contributed by atoms with E-state index in [1.54, 1.807) is 23.6 Å². The fourth-order valence-corrected chi connectivity index (χ4v) is 2.42. The van der Waals surface area contributed by atoms with E-state index in [-0.39, 0.29) is 6.03 Å². The lowest BCUT2D eigenvalue weighted by molar-refractivity contribution is 0.0186. The Kier molecular flexibility index (Phi) is 5.20. The van der Waals surface area contributed by atoms with Crippen LogP contribution in [-0.2, 0) is 11.3 Å². The second-order valence-corrected chi connectivity index (χ2v) is 6.04. The van der Waals surface area contributed by atoms with Gasteiger partial charge >= 0.3 is 6.03 Å². The molecule has 21 heavy (non-hydrogen) atoms. The third kappa shape index (κ3) is 5.02. The minimum Gasteiger partial charge on any atom is -0.389 e. The topological polar surface area (TPSA) is 53.0 Å². The number of carbonyl (C=O) groups is 1. The summed E-state index contributed by atoms with van der Waals surface area (Å²) < 4.78 is 5.29. The van der Waals surface area contributed by atoms with Crippen LogP contribution in [0.4, 0.5) is 4.79 Å².